The average molecular weight is 277 g/mol. The van der Waals surface area contributed by atoms with Gasteiger partial charge < -0.3 is 0 Å². The maximum Gasteiger partial charge on any atom is 0.186 e. The molecule has 0 amide bonds. The Morgan fingerprint density at radius 3 is 2.50 bits per heavy atom. The molecule has 0 spiro atoms. The maximum atomic E-state index is 12.8. The molecule has 0 fully saturated rings. The number of thioether (sulfide) groups is 1. The van der Waals surface area contributed by atoms with Gasteiger partial charge >= 0.3 is 0 Å². The molecule has 0 aliphatic carbocycles. The van der Waals surface area contributed by atoms with E-state index in [4.69, 9.17) is 23.2 Å². The maximum absolute atomic E-state index is 12.8. The van der Waals surface area contributed by atoms with Gasteiger partial charge in [-0.1, -0.05) is 46.8 Å². The summed E-state index contributed by atoms with van der Waals surface area (Å²) in [4.78, 5) is 10.6. The fraction of sp³-hybridized carbons (Fsp3) is 0.182. The molecule has 1 aromatic rings. The number of carbonyl (C=O) groups excluding carboxylic acids is 1. The van der Waals surface area contributed by atoms with Crippen molar-refractivity contribution in [3.05, 3.63) is 33.6 Å². The van der Waals surface area contributed by atoms with Crippen molar-refractivity contribution < 1.29 is 9.18 Å². The van der Waals surface area contributed by atoms with Crippen molar-refractivity contribution in [3.8, 4) is 11.8 Å². The molecule has 5 heteroatoms. The van der Waals surface area contributed by atoms with Crippen LogP contribution in [-0.4, -0.2) is 10.9 Å². The number of hydrogen-bond acceptors (Lipinski definition) is 2. The lowest BCUT2D eigenvalue weighted by Gasteiger charge is -1.99. The van der Waals surface area contributed by atoms with Crippen LogP contribution in [0.5, 0.6) is 0 Å². The molecule has 16 heavy (non-hydrogen) atoms. The van der Waals surface area contributed by atoms with E-state index in [0.29, 0.717) is 11.3 Å². The lowest BCUT2D eigenvalue weighted by molar-refractivity contribution is -0.109. The van der Waals surface area contributed by atoms with Gasteiger partial charge in [-0.05, 0) is 12.1 Å². The van der Waals surface area contributed by atoms with E-state index in [-0.39, 0.29) is 15.2 Å². The smallest absolute Gasteiger partial charge is 0.186 e. The van der Waals surface area contributed by atoms with Crippen LogP contribution in [0, 0.1) is 17.7 Å². The topological polar surface area (TPSA) is 17.1 Å². The van der Waals surface area contributed by atoms with E-state index in [1.54, 1.807) is 0 Å². The van der Waals surface area contributed by atoms with Crippen LogP contribution in [0.1, 0.15) is 12.5 Å². The molecule has 1 rings (SSSR count). The van der Waals surface area contributed by atoms with E-state index in [9.17, 15) is 9.18 Å². The first-order valence-electron chi connectivity index (χ1n) is 4.27. The molecule has 0 bridgehead atoms. The third-order valence-electron chi connectivity index (χ3n) is 1.57. The lowest BCUT2D eigenvalue weighted by atomic mass is 10.2. The van der Waals surface area contributed by atoms with Crippen molar-refractivity contribution >= 4 is 40.1 Å². The summed E-state index contributed by atoms with van der Waals surface area (Å²) in [5, 5.41) is 0.334. The van der Waals surface area contributed by atoms with Gasteiger partial charge in [0.25, 0.3) is 0 Å². The third kappa shape index (κ3) is 4.05. The highest BCUT2D eigenvalue weighted by Crippen LogP contribution is 2.24. The van der Waals surface area contributed by atoms with Gasteiger partial charge in [0.15, 0.2) is 5.12 Å². The second kappa shape index (κ2) is 6.15. The van der Waals surface area contributed by atoms with Crippen LogP contribution in [0.15, 0.2) is 12.1 Å². The molecule has 84 valence electrons. The Kier molecular flexibility index (Phi) is 5.14. The van der Waals surface area contributed by atoms with Gasteiger partial charge in [0.1, 0.15) is 5.82 Å². The summed E-state index contributed by atoms with van der Waals surface area (Å²) in [5.74, 6) is 5.30. The minimum atomic E-state index is -0.501. The van der Waals surface area contributed by atoms with E-state index in [1.165, 1.54) is 6.92 Å². The minimum Gasteiger partial charge on any atom is -0.288 e. The molecule has 0 heterocycles. The van der Waals surface area contributed by atoms with Gasteiger partial charge in [-0.25, -0.2) is 4.39 Å². The molecule has 0 aromatic heterocycles. The first-order valence-corrected chi connectivity index (χ1v) is 6.01. The Hall–Kier alpha value is -0.690. The quantitative estimate of drug-likeness (QED) is 0.727. The van der Waals surface area contributed by atoms with E-state index in [1.807, 2.05) is 0 Å². The molecule has 0 unspecified atom stereocenters. The molecular formula is C11H7Cl2FOS. The normalized spacial score (nSPS) is 9.50. The van der Waals surface area contributed by atoms with Gasteiger partial charge in [0.2, 0.25) is 0 Å². The molecule has 0 saturated carbocycles. The molecule has 0 aliphatic heterocycles. The number of halogens is 3. The van der Waals surface area contributed by atoms with E-state index in [2.05, 4.69) is 11.8 Å². The Morgan fingerprint density at radius 2 is 2.00 bits per heavy atom. The van der Waals surface area contributed by atoms with Crippen LogP contribution in [-0.2, 0) is 4.79 Å². The monoisotopic (exact) mass is 276 g/mol. The van der Waals surface area contributed by atoms with E-state index >= 15 is 0 Å². The zero-order chi connectivity index (χ0) is 12.1. The van der Waals surface area contributed by atoms with Crippen molar-refractivity contribution in [1.29, 1.82) is 0 Å². The zero-order valence-corrected chi connectivity index (χ0v) is 10.6. The molecule has 0 N–H and O–H groups in total. The third-order valence-corrected chi connectivity index (χ3v) is 2.86. The largest absolute Gasteiger partial charge is 0.288 e. The fourth-order valence-corrected chi connectivity index (χ4v) is 1.83. The predicted molar refractivity (Wildman–Crippen MR) is 66.4 cm³/mol. The number of carbonyl (C=O) groups is 1. The highest BCUT2D eigenvalue weighted by atomic mass is 35.5. The van der Waals surface area contributed by atoms with E-state index in [0.717, 1.165) is 23.9 Å². The molecule has 0 atom stereocenters. The summed E-state index contributed by atoms with van der Waals surface area (Å²) in [5.41, 5.74) is 0.383. The second-order valence-electron chi connectivity index (χ2n) is 2.83. The highest BCUT2D eigenvalue weighted by Gasteiger charge is 2.05. The first-order chi connectivity index (χ1) is 7.50. The van der Waals surface area contributed by atoms with Crippen LogP contribution < -0.4 is 0 Å². The summed E-state index contributed by atoms with van der Waals surface area (Å²) >= 11 is 12.6. The first kappa shape index (κ1) is 13.4. The van der Waals surface area contributed by atoms with Gasteiger partial charge in [-0.3, -0.25) is 4.79 Å². The Labute approximate surface area is 107 Å². The van der Waals surface area contributed by atoms with Crippen LogP contribution in [0.25, 0.3) is 0 Å². The van der Waals surface area contributed by atoms with Crippen molar-refractivity contribution in [2.75, 3.05) is 5.75 Å². The zero-order valence-electron chi connectivity index (χ0n) is 8.31. The molecule has 0 radical (unpaired) electrons. The fourth-order valence-electron chi connectivity index (χ4n) is 0.924. The van der Waals surface area contributed by atoms with Gasteiger partial charge in [0.05, 0.1) is 21.4 Å². The highest BCUT2D eigenvalue weighted by molar-refractivity contribution is 8.13. The second-order valence-corrected chi connectivity index (χ2v) is 4.79. The SMILES string of the molecule is CC(=O)SCC#Cc1c(Cl)cc(F)cc1Cl. The number of rotatable bonds is 1. The summed E-state index contributed by atoms with van der Waals surface area (Å²) in [7, 11) is 0. The van der Waals surface area contributed by atoms with Crippen molar-refractivity contribution in [1.82, 2.24) is 0 Å². The van der Waals surface area contributed by atoms with E-state index < -0.39 is 5.82 Å². The van der Waals surface area contributed by atoms with Gasteiger partial charge in [-0.15, -0.1) is 0 Å². The summed E-state index contributed by atoms with van der Waals surface area (Å²) in [6.45, 7) is 1.46. The molecular weight excluding hydrogens is 270 g/mol. The predicted octanol–water partition coefficient (Wildman–Crippen LogP) is 3.76. The van der Waals surface area contributed by atoms with Gasteiger partial charge in [0, 0.05) is 6.92 Å². The Morgan fingerprint density at radius 1 is 1.44 bits per heavy atom. The van der Waals surface area contributed by atoms with Gasteiger partial charge in [-0.2, -0.15) is 0 Å². The summed E-state index contributed by atoms with van der Waals surface area (Å²) in [6, 6.07) is 2.30. The average Bonchev–Trinajstić information content (AvgIpc) is 2.14. The van der Waals surface area contributed by atoms with Crippen molar-refractivity contribution in [3.63, 3.8) is 0 Å². The molecule has 0 aliphatic rings. The van der Waals surface area contributed by atoms with Crippen LogP contribution in [0.3, 0.4) is 0 Å². The van der Waals surface area contributed by atoms with Crippen LogP contribution in [0.4, 0.5) is 4.39 Å². The number of hydrogen-bond donors (Lipinski definition) is 0. The standard InChI is InChI=1S/C11H7Cl2FOS/c1-7(15)16-4-2-3-9-10(12)5-8(14)6-11(9)13/h5-6H,4H2,1H3. The Bertz CT molecular complexity index is 454. The Balaban J connectivity index is 2.84. The van der Waals surface area contributed by atoms with Crippen molar-refractivity contribution in [2.24, 2.45) is 0 Å². The van der Waals surface area contributed by atoms with Crippen molar-refractivity contribution in [2.45, 2.75) is 6.92 Å². The van der Waals surface area contributed by atoms with Crippen LogP contribution in [0.2, 0.25) is 10.0 Å². The molecule has 1 aromatic carbocycles. The number of benzene rings is 1. The minimum absolute atomic E-state index is 0.00870. The molecule has 1 nitrogen and oxygen atoms in total. The summed E-state index contributed by atoms with van der Waals surface area (Å²) < 4.78 is 12.8. The summed E-state index contributed by atoms with van der Waals surface area (Å²) in [6.07, 6.45) is 0. The molecule has 0 saturated heterocycles. The lowest BCUT2D eigenvalue weighted by Crippen LogP contribution is -1.85. The van der Waals surface area contributed by atoms with Crippen LogP contribution >= 0.6 is 35.0 Å².